The number of hydrazine groups is 1. The third-order valence-electron chi connectivity index (χ3n) is 4.39. The van der Waals surface area contributed by atoms with Crippen molar-refractivity contribution in [3.05, 3.63) is 71.4 Å². The molecule has 0 unspecified atom stereocenters. The number of hydrogen-bond donors (Lipinski definition) is 4. The maximum Gasteiger partial charge on any atom is 0.251 e. The van der Waals surface area contributed by atoms with E-state index in [-0.39, 0.29) is 37.1 Å². The van der Waals surface area contributed by atoms with Crippen LogP contribution in [0, 0.1) is 6.92 Å². The zero-order valence-corrected chi connectivity index (χ0v) is 15.5. The number of benzene rings is 2. The molecule has 0 fully saturated rings. The summed E-state index contributed by atoms with van der Waals surface area (Å²) in [5.41, 5.74) is 8.03. The Morgan fingerprint density at radius 2 is 1.64 bits per heavy atom. The van der Waals surface area contributed by atoms with Gasteiger partial charge in [-0.3, -0.25) is 25.2 Å². The standard InChI is InChI=1S/C21H22N4O3/c1-14-6-2-3-7-16(14)21(28)22-11-10-19(26)24-25-20(27)12-15-13-23-18-9-5-4-8-17(15)18/h2-9,13,23H,10-12H2,1H3,(H,22,28)(H,24,26)(H,25,27). The van der Waals surface area contributed by atoms with Crippen LogP contribution >= 0.6 is 0 Å². The smallest absolute Gasteiger partial charge is 0.251 e. The molecule has 1 heterocycles. The van der Waals surface area contributed by atoms with Gasteiger partial charge in [-0.05, 0) is 30.2 Å². The number of aromatic amines is 1. The molecule has 7 heteroatoms. The second-order valence-electron chi connectivity index (χ2n) is 6.45. The van der Waals surface area contributed by atoms with Crippen LogP contribution in [0.15, 0.2) is 54.7 Å². The van der Waals surface area contributed by atoms with Crippen LogP contribution in [-0.2, 0) is 16.0 Å². The number of rotatable bonds is 6. The van der Waals surface area contributed by atoms with E-state index in [1.165, 1.54) is 0 Å². The molecule has 28 heavy (non-hydrogen) atoms. The van der Waals surface area contributed by atoms with Gasteiger partial charge in [0.15, 0.2) is 0 Å². The molecule has 2 aromatic carbocycles. The lowest BCUT2D eigenvalue weighted by Crippen LogP contribution is -2.43. The Morgan fingerprint density at radius 1 is 0.929 bits per heavy atom. The number of carbonyl (C=O) groups excluding carboxylic acids is 3. The van der Waals surface area contributed by atoms with Crippen molar-refractivity contribution in [2.45, 2.75) is 19.8 Å². The minimum Gasteiger partial charge on any atom is -0.361 e. The van der Waals surface area contributed by atoms with Crippen LogP contribution < -0.4 is 16.2 Å². The molecule has 0 aliphatic carbocycles. The summed E-state index contributed by atoms with van der Waals surface area (Å²) in [4.78, 5) is 39.1. The fraction of sp³-hybridized carbons (Fsp3) is 0.190. The van der Waals surface area contributed by atoms with E-state index in [1.54, 1.807) is 18.3 Å². The van der Waals surface area contributed by atoms with Crippen LogP contribution in [0.2, 0.25) is 0 Å². The van der Waals surface area contributed by atoms with Crippen LogP contribution in [0.1, 0.15) is 27.9 Å². The minimum absolute atomic E-state index is 0.0605. The van der Waals surface area contributed by atoms with Crippen LogP contribution in [0.3, 0.4) is 0 Å². The zero-order valence-electron chi connectivity index (χ0n) is 15.5. The highest BCUT2D eigenvalue weighted by Crippen LogP contribution is 2.17. The maximum atomic E-state index is 12.1. The summed E-state index contributed by atoms with van der Waals surface area (Å²) in [6.07, 6.45) is 1.99. The summed E-state index contributed by atoms with van der Waals surface area (Å²) in [6.45, 7) is 2.03. The van der Waals surface area contributed by atoms with Crippen LogP contribution in [0.5, 0.6) is 0 Å². The predicted molar refractivity (Wildman–Crippen MR) is 106 cm³/mol. The van der Waals surface area contributed by atoms with Crippen molar-refractivity contribution < 1.29 is 14.4 Å². The third-order valence-corrected chi connectivity index (χ3v) is 4.39. The van der Waals surface area contributed by atoms with E-state index in [0.717, 1.165) is 22.0 Å². The van der Waals surface area contributed by atoms with Crippen LogP contribution in [0.4, 0.5) is 0 Å². The van der Waals surface area contributed by atoms with Crippen LogP contribution in [-0.4, -0.2) is 29.3 Å². The number of H-pyrrole nitrogens is 1. The highest BCUT2D eigenvalue weighted by Gasteiger charge is 2.11. The largest absolute Gasteiger partial charge is 0.361 e. The highest BCUT2D eigenvalue weighted by atomic mass is 16.2. The van der Waals surface area contributed by atoms with Gasteiger partial charge >= 0.3 is 0 Å². The van der Waals surface area contributed by atoms with Crippen LogP contribution in [0.25, 0.3) is 10.9 Å². The fourth-order valence-electron chi connectivity index (χ4n) is 2.91. The molecule has 0 saturated carbocycles. The fourth-order valence-corrected chi connectivity index (χ4v) is 2.91. The van der Waals surface area contributed by atoms with E-state index in [9.17, 15) is 14.4 Å². The normalized spacial score (nSPS) is 10.5. The van der Waals surface area contributed by atoms with Crippen molar-refractivity contribution in [2.24, 2.45) is 0 Å². The maximum absolute atomic E-state index is 12.1. The summed E-state index contributed by atoms with van der Waals surface area (Å²) < 4.78 is 0. The second kappa shape index (κ2) is 8.85. The molecule has 3 rings (SSSR count). The lowest BCUT2D eigenvalue weighted by molar-refractivity contribution is -0.128. The topological polar surface area (TPSA) is 103 Å². The van der Waals surface area contributed by atoms with Gasteiger partial charge in [0, 0.05) is 35.6 Å². The molecule has 4 N–H and O–H groups in total. The first kappa shape index (κ1) is 19.2. The Morgan fingerprint density at radius 3 is 2.46 bits per heavy atom. The van der Waals surface area contributed by atoms with Crippen molar-refractivity contribution in [1.29, 1.82) is 0 Å². The number of aromatic nitrogens is 1. The van der Waals surface area contributed by atoms with Crippen molar-refractivity contribution in [3.8, 4) is 0 Å². The molecule has 144 valence electrons. The summed E-state index contributed by atoms with van der Waals surface area (Å²) in [5, 5.41) is 3.67. The summed E-state index contributed by atoms with van der Waals surface area (Å²) in [6, 6.07) is 14.9. The predicted octanol–water partition coefficient (Wildman–Crippen LogP) is 1.99. The van der Waals surface area contributed by atoms with Gasteiger partial charge in [0.05, 0.1) is 6.42 Å². The Labute approximate surface area is 162 Å². The van der Waals surface area contributed by atoms with E-state index < -0.39 is 0 Å². The monoisotopic (exact) mass is 378 g/mol. The Kier molecular flexibility index (Phi) is 6.06. The lowest BCUT2D eigenvalue weighted by Gasteiger charge is -2.09. The third kappa shape index (κ3) is 4.76. The van der Waals surface area contributed by atoms with E-state index in [4.69, 9.17) is 0 Å². The van der Waals surface area contributed by atoms with Gasteiger partial charge < -0.3 is 10.3 Å². The molecule has 0 bridgehead atoms. The van der Waals surface area contributed by atoms with Gasteiger partial charge in [0.25, 0.3) is 5.91 Å². The van der Waals surface area contributed by atoms with Crippen molar-refractivity contribution in [2.75, 3.05) is 6.54 Å². The second-order valence-corrected chi connectivity index (χ2v) is 6.45. The molecule has 0 radical (unpaired) electrons. The van der Waals surface area contributed by atoms with Crippen molar-refractivity contribution in [1.82, 2.24) is 21.2 Å². The SMILES string of the molecule is Cc1ccccc1C(=O)NCCC(=O)NNC(=O)Cc1c[nH]c2ccccc12. The Bertz CT molecular complexity index is 1010. The van der Waals surface area contributed by atoms with E-state index in [0.29, 0.717) is 5.56 Å². The minimum atomic E-state index is -0.377. The molecule has 7 nitrogen and oxygen atoms in total. The molecule has 3 aromatic rings. The quantitative estimate of drug-likeness (QED) is 0.493. The number of hydrogen-bond acceptors (Lipinski definition) is 3. The number of amides is 3. The molecule has 0 spiro atoms. The number of fused-ring (bicyclic) bond motifs is 1. The van der Waals surface area contributed by atoms with Gasteiger partial charge in [-0.25, -0.2) is 0 Å². The van der Waals surface area contributed by atoms with Gasteiger partial charge in [-0.1, -0.05) is 36.4 Å². The number of para-hydroxylation sites is 1. The molecule has 0 aliphatic heterocycles. The first-order chi connectivity index (χ1) is 13.5. The summed E-state index contributed by atoms with van der Waals surface area (Å²) >= 11 is 0. The molecule has 1 aromatic heterocycles. The van der Waals surface area contributed by atoms with Crippen molar-refractivity contribution in [3.63, 3.8) is 0 Å². The molecule has 0 aliphatic rings. The Balaban J connectivity index is 1.40. The first-order valence-corrected chi connectivity index (χ1v) is 9.01. The molecular weight excluding hydrogens is 356 g/mol. The molecule has 0 saturated heterocycles. The van der Waals surface area contributed by atoms with Gasteiger partial charge in [-0.2, -0.15) is 0 Å². The first-order valence-electron chi connectivity index (χ1n) is 9.01. The number of nitrogens with one attached hydrogen (secondary N) is 4. The summed E-state index contributed by atoms with van der Waals surface area (Å²) in [7, 11) is 0. The van der Waals surface area contributed by atoms with E-state index in [2.05, 4.69) is 21.2 Å². The number of aryl methyl sites for hydroxylation is 1. The molecule has 3 amide bonds. The van der Waals surface area contributed by atoms with Gasteiger partial charge in [0.1, 0.15) is 0 Å². The van der Waals surface area contributed by atoms with Gasteiger partial charge in [-0.15, -0.1) is 0 Å². The Hall–Kier alpha value is -3.61. The van der Waals surface area contributed by atoms with E-state index in [1.807, 2.05) is 43.3 Å². The van der Waals surface area contributed by atoms with E-state index >= 15 is 0 Å². The zero-order chi connectivity index (χ0) is 19.9. The highest BCUT2D eigenvalue weighted by molar-refractivity contribution is 5.95. The average Bonchev–Trinajstić information content (AvgIpc) is 3.09. The average molecular weight is 378 g/mol. The van der Waals surface area contributed by atoms with Crippen molar-refractivity contribution >= 4 is 28.6 Å². The number of carbonyl (C=O) groups is 3. The summed E-state index contributed by atoms with van der Waals surface area (Å²) in [5.74, 6) is -0.923. The molecule has 0 atom stereocenters. The lowest BCUT2D eigenvalue weighted by atomic mass is 10.1. The van der Waals surface area contributed by atoms with Gasteiger partial charge in [0.2, 0.25) is 11.8 Å². The molecular formula is C21H22N4O3.